The standard InChI is InChI=1S/C17H19ClN2O/c1-10(2)13-9-16(11(3)8-14(13)18)21-15-7-5-4-6-12(15)17(19)20/h4-10H,1-3H3,(H3,19,20). The van der Waals surface area contributed by atoms with Crippen molar-refractivity contribution in [2.45, 2.75) is 26.7 Å². The molecule has 0 radical (unpaired) electrons. The SMILES string of the molecule is Cc1cc(Cl)c(C(C)C)cc1Oc1ccccc1C(=N)N. The maximum absolute atomic E-state index is 7.62. The Bertz CT molecular complexity index is 680. The van der Waals surface area contributed by atoms with E-state index in [1.165, 1.54) is 0 Å². The number of hydrogen-bond donors (Lipinski definition) is 2. The quantitative estimate of drug-likeness (QED) is 0.626. The Kier molecular flexibility index (Phi) is 4.53. The van der Waals surface area contributed by atoms with Gasteiger partial charge in [0.1, 0.15) is 17.3 Å². The van der Waals surface area contributed by atoms with Crippen molar-refractivity contribution < 1.29 is 4.74 Å². The molecule has 0 spiro atoms. The molecule has 0 aliphatic heterocycles. The molecule has 0 saturated heterocycles. The number of ether oxygens (including phenoxy) is 1. The van der Waals surface area contributed by atoms with E-state index in [0.29, 0.717) is 17.2 Å². The highest BCUT2D eigenvalue weighted by molar-refractivity contribution is 6.31. The van der Waals surface area contributed by atoms with Crippen molar-refractivity contribution in [1.29, 1.82) is 5.41 Å². The van der Waals surface area contributed by atoms with E-state index >= 15 is 0 Å². The molecule has 0 aliphatic carbocycles. The summed E-state index contributed by atoms with van der Waals surface area (Å²) in [6.07, 6.45) is 0. The van der Waals surface area contributed by atoms with Gasteiger partial charge in [0.05, 0.1) is 5.56 Å². The van der Waals surface area contributed by atoms with E-state index in [-0.39, 0.29) is 5.84 Å². The number of nitrogen functional groups attached to an aromatic ring is 1. The summed E-state index contributed by atoms with van der Waals surface area (Å²) in [7, 11) is 0. The lowest BCUT2D eigenvalue weighted by Gasteiger charge is -2.16. The van der Waals surface area contributed by atoms with Crippen LogP contribution in [0.5, 0.6) is 11.5 Å². The second-order valence-corrected chi connectivity index (χ2v) is 5.71. The van der Waals surface area contributed by atoms with Gasteiger partial charge in [-0.05, 0) is 48.2 Å². The van der Waals surface area contributed by atoms with Gasteiger partial charge in [-0.3, -0.25) is 5.41 Å². The highest BCUT2D eigenvalue weighted by Gasteiger charge is 2.13. The summed E-state index contributed by atoms with van der Waals surface area (Å²) < 4.78 is 5.97. The second-order valence-electron chi connectivity index (χ2n) is 5.31. The molecular formula is C17H19ClN2O. The van der Waals surface area contributed by atoms with Crippen LogP contribution in [0.3, 0.4) is 0 Å². The first-order valence-corrected chi connectivity index (χ1v) is 7.19. The van der Waals surface area contributed by atoms with Crippen LogP contribution in [-0.4, -0.2) is 5.84 Å². The summed E-state index contributed by atoms with van der Waals surface area (Å²) in [5.41, 5.74) is 8.16. The van der Waals surface area contributed by atoms with Crippen molar-refractivity contribution in [3.63, 3.8) is 0 Å². The Morgan fingerprint density at radius 2 is 1.86 bits per heavy atom. The van der Waals surface area contributed by atoms with Gasteiger partial charge in [0.2, 0.25) is 0 Å². The van der Waals surface area contributed by atoms with E-state index in [0.717, 1.165) is 21.9 Å². The van der Waals surface area contributed by atoms with E-state index in [4.69, 9.17) is 27.5 Å². The van der Waals surface area contributed by atoms with Gasteiger partial charge in [-0.2, -0.15) is 0 Å². The Labute approximate surface area is 130 Å². The zero-order valence-corrected chi connectivity index (χ0v) is 13.2. The van der Waals surface area contributed by atoms with Crippen LogP contribution >= 0.6 is 11.6 Å². The first-order valence-electron chi connectivity index (χ1n) is 6.81. The fourth-order valence-corrected chi connectivity index (χ4v) is 2.55. The summed E-state index contributed by atoms with van der Waals surface area (Å²) >= 11 is 6.27. The van der Waals surface area contributed by atoms with Gasteiger partial charge in [0.25, 0.3) is 0 Å². The zero-order chi connectivity index (χ0) is 15.6. The Balaban J connectivity index is 2.45. The molecule has 2 aromatic carbocycles. The lowest BCUT2D eigenvalue weighted by Crippen LogP contribution is -2.12. The van der Waals surface area contributed by atoms with Crippen molar-refractivity contribution in [3.8, 4) is 11.5 Å². The van der Waals surface area contributed by atoms with Crippen LogP contribution in [0.25, 0.3) is 0 Å². The molecule has 0 heterocycles. The van der Waals surface area contributed by atoms with Gasteiger partial charge < -0.3 is 10.5 Å². The molecule has 3 nitrogen and oxygen atoms in total. The molecule has 0 amide bonds. The van der Waals surface area contributed by atoms with Crippen molar-refractivity contribution in [2.24, 2.45) is 5.73 Å². The van der Waals surface area contributed by atoms with Gasteiger partial charge in [0, 0.05) is 5.02 Å². The number of benzene rings is 2. The molecule has 0 atom stereocenters. The molecule has 110 valence electrons. The highest BCUT2D eigenvalue weighted by Crippen LogP contribution is 2.34. The summed E-state index contributed by atoms with van der Waals surface area (Å²) in [6, 6.07) is 11.1. The third kappa shape index (κ3) is 3.37. The molecule has 0 aliphatic rings. The molecule has 3 N–H and O–H groups in total. The van der Waals surface area contributed by atoms with Gasteiger partial charge in [-0.25, -0.2) is 0 Å². The van der Waals surface area contributed by atoms with Crippen LogP contribution in [0.4, 0.5) is 0 Å². The van der Waals surface area contributed by atoms with Crippen LogP contribution in [-0.2, 0) is 0 Å². The number of hydrogen-bond acceptors (Lipinski definition) is 2. The number of nitrogens with two attached hydrogens (primary N) is 1. The average Bonchev–Trinajstić information content (AvgIpc) is 2.41. The molecule has 4 heteroatoms. The first kappa shape index (κ1) is 15.4. The van der Waals surface area contributed by atoms with Crippen molar-refractivity contribution in [1.82, 2.24) is 0 Å². The average molecular weight is 303 g/mol. The molecule has 0 bridgehead atoms. The Hall–Kier alpha value is -2.00. The number of amidine groups is 1. The first-order chi connectivity index (χ1) is 9.90. The minimum Gasteiger partial charge on any atom is -0.456 e. The normalized spacial score (nSPS) is 10.7. The van der Waals surface area contributed by atoms with E-state index in [1.807, 2.05) is 31.2 Å². The van der Waals surface area contributed by atoms with Crippen molar-refractivity contribution >= 4 is 17.4 Å². The third-order valence-electron chi connectivity index (χ3n) is 3.31. The summed E-state index contributed by atoms with van der Waals surface area (Å²) in [5.74, 6) is 1.60. The Morgan fingerprint density at radius 1 is 1.19 bits per heavy atom. The van der Waals surface area contributed by atoms with Crippen LogP contribution in [0.15, 0.2) is 36.4 Å². The summed E-state index contributed by atoms with van der Waals surface area (Å²) in [6.45, 7) is 6.12. The molecule has 0 fully saturated rings. The molecule has 2 aromatic rings. The highest BCUT2D eigenvalue weighted by atomic mass is 35.5. The van der Waals surface area contributed by atoms with Gasteiger partial charge in [0.15, 0.2) is 0 Å². The van der Waals surface area contributed by atoms with Crippen LogP contribution in [0.2, 0.25) is 5.02 Å². The second kappa shape index (κ2) is 6.19. The summed E-state index contributed by atoms with van der Waals surface area (Å²) in [4.78, 5) is 0. The fraction of sp³-hybridized carbons (Fsp3) is 0.235. The minimum absolute atomic E-state index is 0.0127. The van der Waals surface area contributed by atoms with E-state index in [2.05, 4.69) is 13.8 Å². The Morgan fingerprint density at radius 3 is 2.48 bits per heavy atom. The molecular weight excluding hydrogens is 284 g/mol. The number of aryl methyl sites for hydroxylation is 1. The molecule has 0 saturated carbocycles. The number of halogens is 1. The number of nitrogens with one attached hydrogen (secondary N) is 1. The largest absolute Gasteiger partial charge is 0.456 e. The van der Waals surface area contributed by atoms with Gasteiger partial charge in [-0.15, -0.1) is 0 Å². The van der Waals surface area contributed by atoms with Crippen LogP contribution in [0.1, 0.15) is 36.5 Å². The van der Waals surface area contributed by atoms with E-state index in [1.54, 1.807) is 12.1 Å². The molecule has 21 heavy (non-hydrogen) atoms. The number of rotatable bonds is 4. The minimum atomic E-state index is -0.0127. The smallest absolute Gasteiger partial charge is 0.138 e. The summed E-state index contributed by atoms with van der Waals surface area (Å²) in [5, 5.41) is 8.36. The third-order valence-corrected chi connectivity index (χ3v) is 3.64. The predicted molar refractivity (Wildman–Crippen MR) is 87.8 cm³/mol. The maximum atomic E-state index is 7.62. The predicted octanol–water partition coefficient (Wildman–Crippen LogP) is 4.85. The number of para-hydroxylation sites is 1. The lowest BCUT2D eigenvalue weighted by molar-refractivity contribution is 0.476. The lowest BCUT2D eigenvalue weighted by atomic mass is 10.0. The zero-order valence-electron chi connectivity index (χ0n) is 12.4. The van der Waals surface area contributed by atoms with Crippen molar-refractivity contribution in [2.75, 3.05) is 0 Å². The monoisotopic (exact) mass is 302 g/mol. The molecule has 2 rings (SSSR count). The van der Waals surface area contributed by atoms with Gasteiger partial charge in [-0.1, -0.05) is 37.6 Å². The van der Waals surface area contributed by atoms with E-state index in [9.17, 15) is 0 Å². The van der Waals surface area contributed by atoms with Crippen molar-refractivity contribution in [3.05, 3.63) is 58.1 Å². The van der Waals surface area contributed by atoms with Gasteiger partial charge >= 0.3 is 0 Å². The molecule has 0 unspecified atom stereocenters. The topological polar surface area (TPSA) is 59.1 Å². The van der Waals surface area contributed by atoms with E-state index < -0.39 is 0 Å². The van der Waals surface area contributed by atoms with Crippen LogP contribution in [0, 0.1) is 12.3 Å². The molecule has 0 aromatic heterocycles. The fourth-order valence-electron chi connectivity index (χ4n) is 2.12. The van der Waals surface area contributed by atoms with Crippen LogP contribution < -0.4 is 10.5 Å². The maximum Gasteiger partial charge on any atom is 0.138 e.